The zero-order chi connectivity index (χ0) is 26.7. The molecular formula is C25H32N6O6. The molecule has 7 N–H and O–H groups in total. The summed E-state index contributed by atoms with van der Waals surface area (Å²) in [6, 6.07) is 3.54. The van der Waals surface area contributed by atoms with Crippen LogP contribution in [0.15, 0.2) is 30.5 Å². The second-order valence-electron chi connectivity index (χ2n) is 9.62. The molecule has 12 nitrogen and oxygen atoms in total. The quantitative estimate of drug-likeness (QED) is 0.298. The Kier molecular flexibility index (Phi) is 7.77. The highest BCUT2D eigenvalue weighted by Crippen LogP contribution is 2.26. The number of para-hydroxylation sites is 1. The van der Waals surface area contributed by atoms with Gasteiger partial charge in [0.1, 0.15) is 18.1 Å². The van der Waals surface area contributed by atoms with E-state index in [0.717, 1.165) is 16.5 Å². The first kappa shape index (κ1) is 26.1. The van der Waals surface area contributed by atoms with E-state index in [0.29, 0.717) is 38.8 Å². The highest BCUT2D eigenvalue weighted by Gasteiger charge is 2.43. The van der Waals surface area contributed by atoms with Gasteiger partial charge < -0.3 is 36.7 Å². The normalized spacial score (nSPS) is 21.1. The molecule has 0 radical (unpaired) electrons. The molecule has 12 heteroatoms. The van der Waals surface area contributed by atoms with Crippen molar-refractivity contribution in [3.8, 4) is 0 Å². The fourth-order valence-electron chi connectivity index (χ4n) is 5.29. The van der Waals surface area contributed by atoms with E-state index in [1.165, 1.54) is 9.80 Å². The summed E-state index contributed by atoms with van der Waals surface area (Å²) in [4.78, 5) is 68.5. The molecular weight excluding hydrogens is 480 g/mol. The number of fused-ring (bicyclic) bond motifs is 1. The molecule has 3 heterocycles. The number of carbonyl (C=O) groups is 5. The van der Waals surface area contributed by atoms with Crippen molar-refractivity contribution in [3.05, 3.63) is 36.0 Å². The molecule has 4 rings (SSSR count). The van der Waals surface area contributed by atoms with Crippen molar-refractivity contribution < 1.29 is 29.1 Å². The van der Waals surface area contributed by atoms with Crippen LogP contribution in [0.4, 0.5) is 0 Å². The molecule has 4 atom stereocenters. The van der Waals surface area contributed by atoms with Crippen molar-refractivity contribution in [2.24, 2.45) is 11.5 Å². The molecule has 0 spiro atoms. The van der Waals surface area contributed by atoms with Crippen LogP contribution < -0.4 is 16.8 Å². The van der Waals surface area contributed by atoms with Crippen LogP contribution in [0.1, 0.15) is 37.7 Å². The first-order valence-electron chi connectivity index (χ1n) is 12.4. The number of H-pyrrole nitrogens is 1. The molecule has 2 fully saturated rings. The van der Waals surface area contributed by atoms with E-state index in [-0.39, 0.29) is 18.7 Å². The van der Waals surface area contributed by atoms with Gasteiger partial charge in [0.25, 0.3) is 0 Å². The number of carbonyl (C=O) groups excluding carboxylic acids is 4. The van der Waals surface area contributed by atoms with Gasteiger partial charge in [0, 0.05) is 36.6 Å². The smallest absolute Gasteiger partial charge is 0.326 e. The van der Waals surface area contributed by atoms with Crippen LogP contribution >= 0.6 is 0 Å². The standard InChI is InChI=1S/C25H32N6O6/c26-16(12-21(27)32)23(34)31-10-4-8-20(31)24(35)30-9-3-7-19(30)22(33)29-18(25(36)37)11-14-13-28-17-6-2-1-5-15(14)17/h1-2,5-6,13,16,18-20,28H,3-4,7-12,26H2,(H2,27,32)(H,29,33)(H,36,37). The average molecular weight is 513 g/mol. The van der Waals surface area contributed by atoms with E-state index in [1.807, 2.05) is 24.3 Å². The van der Waals surface area contributed by atoms with Crippen molar-refractivity contribution >= 4 is 40.5 Å². The number of rotatable bonds is 9. The fourth-order valence-corrected chi connectivity index (χ4v) is 5.29. The SMILES string of the molecule is NC(=O)CC(N)C(=O)N1CCCC1C(=O)N1CCCC1C(=O)NC(Cc1c[nH]c2ccccc12)C(=O)O. The number of likely N-dealkylation sites (tertiary alicyclic amines) is 2. The van der Waals surface area contributed by atoms with Crippen molar-refractivity contribution in [2.75, 3.05) is 13.1 Å². The number of nitrogens with one attached hydrogen (secondary N) is 2. The van der Waals surface area contributed by atoms with E-state index in [1.54, 1.807) is 6.20 Å². The minimum absolute atomic E-state index is 0.0778. The van der Waals surface area contributed by atoms with Gasteiger partial charge in [0.2, 0.25) is 23.6 Å². The molecule has 37 heavy (non-hydrogen) atoms. The predicted octanol–water partition coefficient (Wildman–Crippen LogP) is -0.535. The molecule has 1 aromatic heterocycles. The highest BCUT2D eigenvalue weighted by molar-refractivity contribution is 5.96. The minimum Gasteiger partial charge on any atom is -0.480 e. The molecule has 0 saturated carbocycles. The van der Waals surface area contributed by atoms with Gasteiger partial charge in [0.05, 0.1) is 12.5 Å². The van der Waals surface area contributed by atoms with E-state index in [4.69, 9.17) is 11.5 Å². The summed E-state index contributed by atoms with van der Waals surface area (Å²) in [6.07, 6.45) is 3.45. The van der Waals surface area contributed by atoms with Crippen LogP contribution in [-0.4, -0.2) is 86.7 Å². The van der Waals surface area contributed by atoms with Crippen molar-refractivity contribution in [2.45, 2.75) is 62.7 Å². The summed E-state index contributed by atoms with van der Waals surface area (Å²) >= 11 is 0. The molecule has 2 saturated heterocycles. The monoisotopic (exact) mass is 512 g/mol. The van der Waals surface area contributed by atoms with Crippen molar-refractivity contribution in [1.82, 2.24) is 20.1 Å². The van der Waals surface area contributed by atoms with Gasteiger partial charge in [-0.3, -0.25) is 19.2 Å². The molecule has 2 aliphatic rings. The number of hydrogen-bond donors (Lipinski definition) is 5. The Morgan fingerprint density at radius 1 is 1.05 bits per heavy atom. The summed E-state index contributed by atoms with van der Waals surface area (Å²) < 4.78 is 0. The Bertz CT molecular complexity index is 1210. The number of aliphatic carboxylic acids is 1. The zero-order valence-corrected chi connectivity index (χ0v) is 20.4. The van der Waals surface area contributed by atoms with Gasteiger partial charge in [-0.25, -0.2) is 4.79 Å². The third-order valence-electron chi connectivity index (χ3n) is 7.11. The molecule has 198 valence electrons. The summed E-state index contributed by atoms with van der Waals surface area (Å²) in [6.45, 7) is 0.640. The zero-order valence-electron chi connectivity index (χ0n) is 20.4. The van der Waals surface area contributed by atoms with Crippen LogP contribution in [0.5, 0.6) is 0 Å². The average Bonchev–Trinajstić information content (AvgIpc) is 3.62. The maximum absolute atomic E-state index is 13.4. The maximum atomic E-state index is 13.4. The first-order chi connectivity index (χ1) is 17.7. The molecule has 2 aliphatic heterocycles. The Morgan fingerprint density at radius 2 is 1.73 bits per heavy atom. The van der Waals surface area contributed by atoms with Crippen LogP contribution in [0, 0.1) is 0 Å². The number of benzene rings is 1. The number of aromatic nitrogens is 1. The molecule has 4 amide bonds. The Labute approximate surface area is 213 Å². The number of amides is 4. The lowest BCUT2D eigenvalue weighted by molar-refractivity contribution is -0.148. The van der Waals surface area contributed by atoms with Gasteiger partial charge >= 0.3 is 5.97 Å². The Hall–Kier alpha value is -3.93. The van der Waals surface area contributed by atoms with Gasteiger partial charge in [-0.1, -0.05) is 18.2 Å². The molecule has 4 unspecified atom stereocenters. The Balaban J connectivity index is 1.44. The molecule has 0 aliphatic carbocycles. The lowest BCUT2D eigenvalue weighted by Gasteiger charge is -2.32. The minimum atomic E-state index is -1.18. The lowest BCUT2D eigenvalue weighted by atomic mass is 10.0. The second kappa shape index (κ2) is 11.0. The van der Waals surface area contributed by atoms with Gasteiger partial charge in [-0.15, -0.1) is 0 Å². The van der Waals surface area contributed by atoms with E-state index < -0.39 is 47.9 Å². The summed E-state index contributed by atoms with van der Waals surface area (Å²) in [5.74, 6) is -3.33. The first-order valence-corrected chi connectivity index (χ1v) is 12.4. The number of primary amides is 1. The summed E-state index contributed by atoms with van der Waals surface area (Å²) in [5.41, 5.74) is 12.6. The highest BCUT2D eigenvalue weighted by atomic mass is 16.4. The number of carboxylic acids is 1. The van der Waals surface area contributed by atoms with Crippen LogP contribution in [-0.2, 0) is 30.4 Å². The molecule has 0 bridgehead atoms. The summed E-state index contributed by atoms with van der Waals surface area (Å²) in [5, 5.41) is 13.3. The Morgan fingerprint density at radius 3 is 2.43 bits per heavy atom. The summed E-state index contributed by atoms with van der Waals surface area (Å²) in [7, 11) is 0. The number of nitrogens with two attached hydrogens (primary N) is 2. The molecule has 1 aromatic carbocycles. The van der Waals surface area contributed by atoms with Crippen LogP contribution in [0.3, 0.4) is 0 Å². The number of nitrogens with zero attached hydrogens (tertiary/aromatic N) is 2. The topological polar surface area (TPSA) is 192 Å². The third-order valence-corrected chi connectivity index (χ3v) is 7.11. The number of aromatic amines is 1. The second-order valence-corrected chi connectivity index (χ2v) is 9.62. The number of carboxylic acid groups (broad SMARTS) is 1. The van der Waals surface area contributed by atoms with Gasteiger partial charge in [0.15, 0.2) is 0 Å². The van der Waals surface area contributed by atoms with E-state index >= 15 is 0 Å². The maximum Gasteiger partial charge on any atom is 0.326 e. The fraction of sp³-hybridized carbons (Fsp3) is 0.480. The van der Waals surface area contributed by atoms with E-state index in [9.17, 15) is 29.1 Å². The third kappa shape index (κ3) is 5.58. The van der Waals surface area contributed by atoms with Gasteiger partial charge in [-0.05, 0) is 37.3 Å². The van der Waals surface area contributed by atoms with Crippen molar-refractivity contribution in [3.63, 3.8) is 0 Å². The molecule has 2 aromatic rings. The lowest BCUT2D eigenvalue weighted by Crippen LogP contribution is -2.56. The van der Waals surface area contributed by atoms with Crippen LogP contribution in [0.2, 0.25) is 0 Å². The van der Waals surface area contributed by atoms with Gasteiger partial charge in [-0.2, -0.15) is 0 Å². The van der Waals surface area contributed by atoms with Crippen LogP contribution in [0.25, 0.3) is 10.9 Å². The largest absolute Gasteiger partial charge is 0.480 e. The van der Waals surface area contributed by atoms with Crippen molar-refractivity contribution in [1.29, 1.82) is 0 Å². The predicted molar refractivity (Wildman–Crippen MR) is 133 cm³/mol. The van der Waals surface area contributed by atoms with E-state index in [2.05, 4.69) is 10.3 Å². The number of hydrogen-bond acceptors (Lipinski definition) is 6.